The molecule has 0 bridgehead atoms. The summed E-state index contributed by atoms with van der Waals surface area (Å²) in [4.78, 5) is 4.47. The van der Waals surface area contributed by atoms with Crippen molar-refractivity contribution >= 4 is 11.6 Å². The predicted molar refractivity (Wildman–Crippen MR) is 88.4 cm³/mol. The van der Waals surface area contributed by atoms with Gasteiger partial charge in [0.05, 0.1) is 0 Å². The molecule has 21 heavy (non-hydrogen) atoms. The van der Waals surface area contributed by atoms with E-state index in [0.29, 0.717) is 0 Å². The molecule has 1 aromatic heterocycles. The summed E-state index contributed by atoms with van der Waals surface area (Å²) in [7, 11) is 0. The molecule has 3 rings (SSSR count). The number of nitrogens with one attached hydrogen (secondary N) is 1. The molecule has 3 heteroatoms. The molecule has 1 saturated heterocycles. The quantitative estimate of drug-likeness (QED) is 0.916. The summed E-state index contributed by atoms with van der Waals surface area (Å²) in [5.41, 5.74) is 3.71. The van der Waals surface area contributed by atoms with Gasteiger partial charge in [-0.3, -0.25) is 4.98 Å². The SMILES string of the molecule is C[CH]C1(c2cncc(-c3ccc(Cl)cc3)c2)CCCNC1. The molecular formula is C18H20ClN2. The summed E-state index contributed by atoms with van der Waals surface area (Å²) >= 11 is 5.97. The van der Waals surface area contributed by atoms with E-state index in [0.717, 1.165) is 29.2 Å². The van der Waals surface area contributed by atoms with E-state index in [-0.39, 0.29) is 5.41 Å². The van der Waals surface area contributed by atoms with Crippen molar-refractivity contribution in [3.8, 4) is 11.1 Å². The van der Waals surface area contributed by atoms with Crippen molar-refractivity contribution in [2.24, 2.45) is 0 Å². The Kier molecular flexibility index (Phi) is 4.27. The molecule has 0 spiro atoms. The smallest absolute Gasteiger partial charge is 0.0406 e. The van der Waals surface area contributed by atoms with Crippen molar-refractivity contribution in [2.75, 3.05) is 13.1 Å². The van der Waals surface area contributed by atoms with Gasteiger partial charge in [-0.2, -0.15) is 0 Å². The molecule has 0 saturated carbocycles. The highest BCUT2D eigenvalue weighted by molar-refractivity contribution is 6.30. The van der Waals surface area contributed by atoms with Gasteiger partial charge in [0.25, 0.3) is 0 Å². The van der Waals surface area contributed by atoms with Crippen LogP contribution in [0.25, 0.3) is 11.1 Å². The number of aromatic nitrogens is 1. The molecule has 2 heterocycles. The molecule has 1 radical (unpaired) electrons. The lowest BCUT2D eigenvalue weighted by Gasteiger charge is -2.37. The maximum absolute atomic E-state index is 5.97. The van der Waals surface area contributed by atoms with Gasteiger partial charge in [-0.15, -0.1) is 0 Å². The third kappa shape index (κ3) is 2.97. The number of halogens is 1. The minimum atomic E-state index is 0.105. The van der Waals surface area contributed by atoms with Crippen LogP contribution < -0.4 is 5.32 Å². The lowest BCUT2D eigenvalue weighted by atomic mass is 9.73. The van der Waals surface area contributed by atoms with Gasteiger partial charge in [0.15, 0.2) is 0 Å². The highest BCUT2D eigenvalue weighted by atomic mass is 35.5. The van der Waals surface area contributed by atoms with E-state index in [9.17, 15) is 0 Å². The highest BCUT2D eigenvalue weighted by Crippen LogP contribution is 2.35. The average Bonchev–Trinajstić information content (AvgIpc) is 2.56. The Morgan fingerprint density at radius 2 is 2.00 bits per heavy atom. The summed E-state index contributed by atoms with van der Waals surface area (Å²) in [6, 6.07) is 10.2. The van der Waals surface area contributed by atoms with Crippen LogP contribution in [0.2, 0.25) is 5.02 Å². The fourth-order valence-corrected chi connectivity index (χ4v) is 3.23. The van der Waals surface area contributed by atoms with Gasteiger partial charge in [0.2, 0.25) is 0 Å². The molecule has 1 aromatic carbocycles. The Morgan fingerprint density at radius 1 is 1.19 bits per heavy atom. The second-order valence-corrected chi connectivity index (χ2v) is 6.13. The maximum atomic E-state index is 5.97. The number of benzene rings is 1. The monoisotopic (exact) mass is 299 g/mol. The Balaban J connectivity index is 1.97. The number of hydrogen-bond acceptors (Lipinski definition) is 2. The second-order valence-electron chi connectivity index (χ2n) is 5.69. The van der Waals surface area contributed by atoms with Crippen LogP contribution in [0.1, 0.15) is 25.3 Å². The molecule has 2 aromatic rings. The first-order valence-corrected chi connectivity index (χ1v) is 7.84. The Morgan fingerprint density at radius 3 is 2.67 bits per heavy atom. The van der Waals surface area contributed by atoms with Gasteiger partial charge in [-0.1, -0.05) is 30.7 Å². The summed E-state index contributed by atoms with van der Waals surface area (Å²) < 4.78 is 0. The van der Waals surface area contributed by atoms with Crippen molar-refractivity contribution in [3.05, 3.63) is 59.7 Å². The minimum absolute atomic E-state index is 0.105. The van der Waals surface area contributed by atoms with Crippen molar-refractivity contribution < 1.29 is 0 Å². The Labute approximate surface area is 131 Å². The highest BCUT2D eigenvalue weighted by Gasteiger charge is 2.32. The zero-order valence-electron chi connectivity index (χ0n) is 12.3. The summed E-state index contributed by atoms with van der Waals surface area (Å²) in [6.45, 7) is 4.26. The second kappa shape index (κ2) is 6.17. The average molecular weight is 300 g/mol. The first kappa shape index (κ1) is 14.6. The number of nitrogens with zero attached hydrogens (tertiary/aromatic N) is 1. The van der Waals surface area contributed by atoms with Crippen LogP contribution in [0.5, 0.6) is 0 Å². The maximum Gasteiger partial charge on any atom is 0.0406 e. The molecule has 2 nitrogen and oxygen atoms in total. The lowest BCUT2D eigenvalue weighted by Crippen LogP contribution is -2.43. The van der Waals surface area contributed by atoms with E-state index in [4.69, 9.17) is 11.6 Å². The van der Waals surface area contributed by atoms with Crippen LogP contribution in [0.15, 0.2) is 42.7 Å². The van der Waals surface area contributed by atoms with E-state index in [1.165, 1.54) is 18.4 Å². The van der Waals surface area contributed by atoms with Gasteiger partial charge in [0.1, 0.15) is 0 Å². The summed E-state index contributed by atoms with van der Waals surface area (Å²) in [6.07, 6.45) is 8.64. The fraction of sp³-hybridized carbons (Fsp3) is 0.333. The van der Waals surface area contributed by atoms with Crippen LogP contribution in [0, 0.1) is 6.42 Å². The Bertz CT molecular complexity index is 601. The molecule has 0 aliphatic carbocycles. The predicted octanol–water partition coefficient (Wildman–Crippen LogP) is 4.25. The van der Waals surface area contributed by atoms with Crippen LogP contribution in [0.3, 0.4) is 0 Å². The molecule has 1 unspecified atom stereocenters. The summed E-state index contributed by atoms with van der Waals surface area (Å²) in [5.74, 6) is 0. The third-order valence-corrected chi connectivity index (χ3v) is 4.71. The van der Waals surface area contributed by atoms with Crippen molar-refractivity contribution in [1.29, 1.82) is 0 Å². The van der Waals surface area contributed by atoms with Gasteiger partial charge in [-0.25, -0.2) is 0 Å². The van der Waals surface area contributed by atoms with Crippen LogP contribution in [0.4, 0.5) is 0 Å². The molecule has 1 fully saturated rings. The fourth-order valence-electron chi connectivity index (χ4n) is 3.10. The minimum Gasteiger partial charge on any atom is -0.316 e. The third-order valence-electron chi connectivity index (χ3n) is 4.46. The van der Waals surface area contributed by atoms with Crippen molar-refractivity contribution in [1.82, 2.24) is 10.3 Å². The largest absolute Gasteiger partial charge is 0.316 e. The van der Waals surface area contributed by atoms with Gasteiger partial charge in [0, 0.05) is 34.9 Å². The molecule has 1 atom stereocenters. The van der Waals surface area contributed by atoms with Crippen LogP contribution >= 0.6 is 11.6 Å². The summed E-state index contributed by atoms with van der Waals surface area (Å²) in [5, 5.41) is 4.28. The van der Waals surface area contributed by atoms with E-state index in [1.54, 1.807) is 0 Å². The van der Waals surface area contributed by atoms with Gasteiger partial charge < -0.3 is 5.32 Å². The lowest BCUT2D eigenvalue weighted by molar-refractivity contribution is 0.354. The standard InChI is InChI=1S/C18H20ClN2/c1-2-18(8-3-9-20-13-18)16-10-15(11-21-12-16)14-4-6-17(19)7-5-14/h2,4-7,10-12,20H,3,8-9,13H2,1H3. The topological polar surface area (TPSA) is 24.9 Å². The van der Waals surface area contributed by atoms with E-state index in [2.05, 4.69) is 29.7 Å². The van der Waals surface area contributed by atoms with E-state index in [1.807, 2.05) is 36.7 Å². The van der Waals surface area contributed by atoms with E-state index >= 15 is 0 Å². The van der Waals surface area contributed by atoms with Crippen molar-refractivity contribution in [2.45, 2.75) is 25.2 Å². The van der Waals surface area contributed by atoms with Gasteiger partial charge in [-0.05, 0) is 55.1 Å². The zero-order chi connectivity index (χ0) is 14.7. The molecule has 1 N–H and O–H groups in total. The number of pyridine rings is 1. The van der Waals surface area contributed by atoms with Crippen LogP contribution in [-0.2, 0) is 5.41 Å². The van der Waals surface area contributed by atoms with Crippen LogP contribution in [-0.4, -0.2) is 18.1 Å². The molecular weight excluding hydrogens is 280 g/mol. The molecule has 109 valence electrons. The van der Waals surface area contributed by atoms with Crippen molar-refractivity contribution in [3.63, 3.8) is 0 Å². The molecule has 0 amide bonds. The zero-order valence-corrected chi connectivity index (χ0v) is 13.0. The normalized spacial score (nSPS) is 22.2. The van der Waals surface area contributed by atoms with Gasteiger partial charge >= 0.3 is 0 Å². The first-order valence-electron chi connectivity index (χ1n) is 7.46. The molecule has 1 aliphatic heterocycles. The number of rotatable bonds is 3. The first-order chi connectivity index (χ1) is 10.2. The number of hydrogen-bond donors (Lipinski definition) is 1. The van der Waals surface area contributed by atoms with E-state index < -0.39 is 0 Å². The number of piperidine rings is 1. The molecule has 1 aliphatic rings. The Hall–Kier alpha value is -1.38.